The number of nitrogens with zero attached hydrogens (tertiary/aromatic N) is 3. The Balaban J connectivity index is 0.00000280. The van der Waals surface area contributed by atoms with Crippen LogP contribution in [0.2, 0.25) is 0 Å². The number of halogens is 1. The molecule has 0 bridgehead atoms. The number of ether oxygens (including phenoxy) is 1. The molecule has 8 heteroatoms. The smallest absolute Gasteiger partial charge is 0.191 e. The van der Waals surface area contributed by atoms with Crippen LogP contribution in [-0.4, -0.2) is 49.6 Å². The summed E-state index contributed by atoms with van der Waals surface area (Å²) < 4.78 is 5.43. The third-order valence-corrected chi connectivity index (χ3v) is 5.94. The summed E-state index contributed by atoms with van der Waals surface area (Å²) in [7, 11) is 3.53. The van der Waals surface area contributed by atoms with Gasteiger partial charge < -0.3 is 15.4 Å². The van der Waals surface area contributed by atoms with Gasteiger partial charge in [0.05, 0.1) is 30.9 Å². The van der Waals surface area contributed by atoms with Crippen molar-refractivity contribution in [3.8, 4) is 5.75 Å². The van der Waals surface area contributed by atoms with Crippen molar-refractivity contribution < 1.29 is 4.74 Å². The first-order valence-electron chi connectivity index (χ1n) is 9.42. The van der Waals surface area contributed by atoms with Gasteiger partial charge in [0.25, 0.3) is 0 Å². The molecule has 2 heterocycles. The first-order chi connectivity index (χ1) is 13.2. The van der Waals surface area contributed by atoms with E-state index in [-0.39, 0.29) is 24.0 Å². The maximum Gasteiger partial charge on any atom is 0.191 e. The molecule has 1 aromatic carbocycles. The summed E-state index contributed by atoms with van der Waals surface area (Å²) >= 11 is 1.67. The molecule has 1 aromatic heterocycles. The Morgan fingerprint density at radius 2 is 2.11 bits per heavy atom. The van der Waals surface area contributed by atoms with E-state index in [0.717, 1.165) is 43.6 Å². The monoisotopic (exact) mass is 515 g/mol. The minimum absolute atomic E-state index is 0. The predicted octanol–water partition coefficient (Wildman–Crippen LogP) is 3.58. The van der Waals surface area contributed by atoms with Gasteiger partial charge in [0.15, 0.2) is 5.96 Å². The average Bonchev–Trinajstić information content (AvgIpc) is 3.37. The SMILES string of the molecule is CN=C(NCc1scnc1C)NCC(c1cccc(OC)c1)N1CCCC1.I. The van der Waals surface area contributed by atoms with Gasteiger partial charge in [-0.25, -0.2) is 4.98 Å². The fourth-order valence-electron chi connectivity index (χ4n) is 3.43. The van der Waals surface area contributed by atoms with Gasteiger partial charge in [0, 0.05) is 18.5 Å². The summed E-state index contributed by atoms with van der Waals surface area (Å²) in [6.45, 7) is 5.85. The molecule has 0 amide bonds. The number of benzene rings is 1. The van der Waals surface area contributed by atoms with E-state index < -0.39 is 0 Å². The largest absolute Gasteiger partial charge is 0.497 e. The molecular formula is C20H30IN5OS. The third-order valence-electron chi connectivity index (χ3n) is 5.01. The number of hydrogen-bond acceptors (Lipinski definition) is 5. The molecule has 154 valence electrons. The summed E-state index contributed by atoms with van der Waals surface area (Å²) in [5.41, 5.74) is 4.24. The predicted molar refractivity (Wildman–Crippen MR) is 127 cm³/mol. The number of thiazole rings is 1. The van der Waals surface area contributed by atoms with Crippen molar-refractivity contribution in [1.29, 1.82) is 0 Å². The fourth-order valence-corrected chi connectivity index (χ4v) is 4.15. The maximum atomic E-state index is 5.43. The fraction of sp³-hybridized carbons (Fsp3) is 0.500. The lowest BCUT2D eigenvalue weighted by Gasteiger charge is -2.29. The highest BCUT2D eigenvalue weighted by Gasteiger charge is 2.24. The first kappa shape index (κ1) is 22.9. The van der Waals surface area contributed by atoms with Gasteiger partial charge in [0.1, 0.15) is 5.75 Å². The second-order valence-electron chi connectivity index (χ2n) is 6.70. The highest BCUT2D eigenvalue weighted by molar-refractivity contribution is 14.0. The van der Waals surface area contributed by atoms with Crippen molar-refractivity contribution in [1.82, 2.24) is 20.5 Å². The molecule has 1 unspecified atom stereocenters. The molecule has 1 saturated heterocycles. The van der Waals surface area contributed by atoms with Crippen LogP contribution in [0.5, 0.6) is 5.75 Å². The van der Waals surface area contributed by atoms with Crippen LogP contribution in [0.1, 0.15) is 35.0 Å². The van der Waals surface area contributed by atoms with Crippen LogP contribution in [0, 0.1) is 6.92 Å². The molecule has 28 heavy (non-hydrogen) atoms. The summed E-state index contributed by atoms with van der Waals surface area (Å²) in [5, 5.41) is 6.90. The molecule has 2 N–H and O–H groups in total. The zero-order chi connectivity index (χ0) is 19.1. The standard InChI is InChI=1S/C20H29N5OS.HI/c1-15-19(27-14-24-15)13-23-20(21-2)22-12-18(25-9-4-5-10-25)16-7-6-8-17(11-16)26-3;/h6-8,11,14,18H,4-5,9-10,12-13H2,1-3H3,(H2,21,22,23);1H. The molecule has 3 rings (SSSR count). The quantitative estimate of drug-likeness (QED) is 0.336. The third kappa shape index (κ3) is 6.05. The van der Waals surface area contributed by atoms with Crippen LogP contribution >= 0.6 is 35.3 Å². The molecule has 1 aliphatic heterocycles. The van der Waals surface area contributed by atoms with Crippen LogP contribution < -0.4 is 15.4 Å². The number of aromatic nitrogens is 1. The topological polar surface area (TPSA) is 61.8 Å². The Labute approximate surface area is 188 Å². The lowest BCUT2D eigenvalue weighted by Crippen LogP contribution is -2.42. The van der Waals surface area contributed by atoms with Gasteiger partial charge in [-0.05, 0) is 50.6 Å². The number of rotatable bonds is 7. The summed E-state index contributed by atoms with van der Waals surface area (Å²) in [6.07, 6.45) is 2.52. The molecular weight excluding hydrogens is 485 g/mol. The molecule has 0 aliphatic carbocycles. The highest BCUT2D eigenvalue weighted by Crippen LogP contribution is 2.27. The Morgan fingerprint density at radius 3 is 2.75 bits per heavy atom. The minimum Gasteiger partial charge on any atom is -0.497 e. The number of nitrogens with one attached hydrogen (secondary N) is 2. The van der Waals surface area contributed by atoms with E-state index in [1.165, 1.54) is 23.3 Å². The molecule has 0 saturated carbocycles. The van der Waals surface area contributed by atoms with Gasteiger partial charge in [-0.3, -0.25) is 9.89 Å². The van der Waals surface area contributed by atoms with Gasteiger partial charge in [-0.1, -0.05) is 12.1 Å². The number of guanidine groups is 1. The molecule has 0 radical (unpaired) electrons. The number of hydrogen-bond donors (Lipinski definition) is 2. The van der Waals surface area contributed by atoms with Crippen LogP contribution in [0.4, 0.5) is 0 Å². The van der Waals surface area contributed by atoms with Crippen LogP contribution in [0.3, 0.4) is 0 Å². The van der Waals surface area contributed by atoms with Crippen molar-refractivity contribution in [2.24, 2.45) is 4.99 Å². The Kier molecular flexibility index (Phi) is 9.46. The molecule has 1 fully saturated rings. The molecule has 0 spiro atoms. The zero-order valence-electron chi connectivity index (χ0n) is 16.8. The number of aliphatic imine (C=N–C) groups is 1. The van der Waals surface area contributed by atoms with Crippen molar-refractivity contribution in [3.63, 3.8) is 0 Å². The first-order valence-corrected chi connectivity index (χ1v) is 10.3. The number of aryl methyl sites for hydroxylation is 1. The van der Waals surface area contributed by atoms with E-state index in [9.17, 15) is 0 Å². The van der Waals surface area contributed by atoms with Crippen molar-refractivity contribution >= 4 is 41.3 Å². The van der Waals surface area contributed by atoms with Gasteiger partial charge in [-0.15, -0.1) is 35.3 Å². The minimum atomic E-state index is 0. The summed E-state index contributed by atoms with van der Waals surface area (Å²) in [4.78, 5) is 12.5. The van der Waals surface area contributed by atoms with Gasteiger partial charge in [-0.2, -0.15) is 0 Å². The van der Waals surface area contributed by atoms with E-state index in [1.54, 1.807) is 18.4 Å². The number of methoxy groups -OCH3 is 1. The zero-order valence-corrected chi connectivity index (χ0v) is 19.9. The summed E-state index contributed by atoms with van der Waals surface area (Å²) in [5.74, 6) is 1.72. The lowest BCUT2D eigenvalue weighted by molar-refractivity contribution is 0.245. The Bertz CT molecular complexity index is 761. The van der Waals surface area contributed by atoms with Crippen molar-refractivity contribution in [3.05, 3.63) is 45.9 Å². The van der Waals surface area contributed by atoms with E-state index in [4.69, 9.17) is 4.74 Å². The van der Waals surface area contributed by atoms with E-state index >= 15 is 0 Å². The van der Waals surface area contributed by atoms with Gasteiger partial charge in [0.2, 0.25) is 0 Å². The number of likely N-dealkylation sites (tertiary alicyclic amines) is 1. The van der Waals surface area contributed by atoms with Crippen molar-refractivity contribution in [2.75, 3.05) is 33.8 Å². The van der Waals surface area contributed by atoms with Crippen LogP contribution in [0.15, 0.2) is 34.8 Å². The molecule has 6 nitrogen and oxygen atoms in total. The van der Waals surface area contributed by atoms with Crippen LogP contribution in [-0.2, 0) is 6.54 Å². The Hall–Kier alpha value is -1.39. The van der Waals surface area contributed by atoms with Crippen LogP contribution in [0.25, 0.3) is 0 Å². The van der Waals surface area contributed by atoms with Gasteiger partial charge >= 0.3 is 0 Å². The summed E-state index contributed by atoms with van der Waals surface area (Å²) in [6, 6.07) is 8.68. The molecule has 1 atom stereocenters. The maximum absolute atomic E-state index is 5.43. The van der Waals surface area contributed by atoms with E-state index in [1.807, 2.05) is 25.5 Å². The highest BCUT2D eigenvalue weighted by atomic mass is 127. The van der Waals surface area contributed by atoms with E-state index in [0.29, 0.717) is 6.04 Å². The second-order valence-corrected chi connectivity index (χ2v) is 7.64. The average molecular weight is 515 g/mol. The lowest BCUT2D eigenvalue weighted by atomic mass is 10.1. The van der Waals surface area contributed by atoms with E-state index in [2.05, 4.69) is 43.7 Å². The second kappa shape index (κ2) is 11.6. The molecule has 2 aromatic rings. The Morgan fingerprint density at radius 1 is 1.32 bits per heavy atom. The molecule has 1 aliphatic rings. The van der Waals surface area contributed by atoms with Crippen molar-refractivity contribution in [2.45, 2.75) is 32.4 Å². The normalized spacial score (nSPS) is 15.8.